The van der Waals surface area contributed by atoms with E-state index in [4.69, 9.17) is 0 Å². The van der Waals surface area contributed by atoms with Crippen LogP contribution in [0.1, 0.15) is 11.1 Å². The molecule has 1 N–H and O–H groups in total. The minimum absolute atomic E-state index is 0.0235. The zero-order chi connectivity index (χ0) is 14.5. The number of thioether (sulfide) groups is 2. The standard InChI is InChI=1S/C13H15N3OS3/c1-8-4-5-9(2)10(6-8)14-11(17)7-19-13-15-12(18-3)16-20-13/h4-6H,7H2,1-3H3,(H,14,17). The van der Waals surface area contributed by atoms with Gasteiger partial charge in [-0.3, -0.25) is 4.79 Å². The summed E-state index contributed by atoms with van der Waals surface area (Å²) in [5.41, 5.74) is 3.07. The van der Waals surface area contributed by atoms with Crippen LogP contribution in [0.4, 0.5) is 5.69 Å². The Morgan fingerprint density at radius 3 is 2.90 bits per heavy atom. The van der Waals surface area contributed by atoms with Gasteiger partial charge in [0.2, 0.25) is 11.1 Å². The monoisotopic (exact) mass is 325 g/mol. The van der Waals surface area contributed by atoms with Gasteiger partial charge in [0.05, 0.1) is 5.75 Å². The lowest BCUT2D eigenvalue weighted by molar-refractivity contribution is -0.113. The molecular formula is C13H15N3OS3. The van der Waals surface area contributed by atoms with Gasteiger partial charge in [0, 0.05) is 5.69 Å². The molecule has 1 aromatic heterocycles. The molecule has 2 rings (SSSR count). The van der Waals surface area contributed by atoms with Gasteiger partial charge in [0.1, 0.15) is 0 Å². The van der Waals surface area contributed by atoms with Gasteiger partial charge in [0.25, 0.3) is 0 Å². The fraction of sp³-hybridized carbons (Fsp3) is 0.308. The van der Waals surface area contributed by atoms with Gasteiger partial charge in [-0.05, 0) is 48.8 Å². The van der Waals surface area contributed by atoms with Crippen LogP contribution in [0.3, 0.4) is 0 Å². The number of aryl methyl sites for hydroxylation is 2. The third kappa shape index (κ3) is 4.22. The molecule has 0 saturated carbocycles. The van der Waals surface area contributed by atoms with Crippen molar-refractivity contribution in [2.75, 3.05) is 17.3 Å². The molecule has 4 nitrogen and oxygen atoms in total. The van der Waals surface area contributed by atoms with E-state index in [0.29, 0.717) is 5.75 Å². The highest BCUT2D eigenvalue weighted by molar-refractivity contribution is 8.01. The summed E-state index contributed by atoms with van der Waals surface area (Å²) in [4.78, 5) is 16.2. The first-order valence-electron chi connectivity index (χ1n) is 5.96. The molecule has 0 atom stereocenters. The van der Waals surface area contributed by atoms with Crippen molar-refractivity contribution in [2.24, 2.45) is 0 Å². The van der Waals surface area contributed by atoms with Gasteiger partial charge in [-0.2, -0.15) is 4.37 Å². The summed E-state index contributed by atoms with van der Waals surface area (Å²) in [6.45, 7) is 3.99. The number of rotatable bonds is 5. The molecule has 0 aliphatic carbocycles. The van der Waals surface area contributed by atoms with Crippen LogP contribution in [-0.4, -0.2) is 27.3 Å². The molecule has 1 heterocycles. The number of carbonyl (C=O) groups excluding carboxylic acids is 1. The average molecular weight is 325 g/mol. The summed E-state index contributed by atoms with van der Waals surface area (Å²) < 4.78 is 4.99. The third-order valence-corrected chi connectivity index (χ3v) is 5.06. The number of nitrogens with one attached hydrogen (secondary N) is 1. The van der Waals surface area contributed by atoms with E-state index in [-0.39, 0.29) is 5.91 Å². The zero-order valence-corrected chi connectivity index (χ0v) is 13.9. The molecular weight excluding hydrogens is 310 g/mol. The lowest BCUT2D eigenvalue weighted by Gasteiger charge is -2.08. The van der Waals surface area contributed by atoms with Gasteiger partial charge < -0.3 is 5.32 Å². The molecule has 0 aliphatic rings. The number of anilines is 1. The van der Waals surface area contributed by atoms with E-state index >= 15 is 0 Å². The van der Waals surface area contributed by atoms with Crippen LogP contribution < -0.4 is 5.32 Å². The van der Waals surface area contributed by atoms with Crippen LogP contribution in [0.15, 0.2) is 27.7 Å². The number of nitrogens with zero attached hydrogens (tertiary/aromatic N) is 2. The third-order valence-electron chi connectivity index (χ3n) is 2.57. The lowest BCUT2D eigenvalue weighted by Crippen LogP contribution is -2.14. The maximum Gasteiger partial charge on any atom is 0.234 e. The molecule has 1 aromatic carbocycles. The Morgan fingerprint density at radius 2 is 2.20 bits per heavy atom. The fourth-order valence-corrected chi connectivity index (χ4v) is 3.53. The number of benzene rings is 1. The number of hydrogen-bond donors (Lipinski definition) is 1. The normalized spacial score (nSPS) is 10.6. The average Bonchev–Trinajstić information content (AvgIpc) is 2.89. The SMILES string of the molecule is CSc1nsc(SCC(=O)Nc2cc(C)ccc2C)n1. The van der Waals surface area contributed by atoms with Crippen LogP contribution in [0.5, 0.6) is 0 Å². The molecule has 0 saturated heterocycles. The van der Waals surface area contributed by atoms with Gasteiger partial charge in [0.15, 0.2) is 4.34 Å². The van der Waals surface area contributed by atoms with E-state index in [1.54, 1.807) is 0 Å². The largest absolute Gasteiger partial charge is 0.325 e. The van der Waals surface area contributed by atoms with Crippen molar-refractivity contribution in [3.05, 3.63) is 29.3 Å². The highest BCUT2D eigenvalue weighted by Gasteiger charge is 2.09. The smallest absolute Gasteiger partial charge is 0.234 e. The summed E-state index contributed by atoms with van der Waals surface area (Å²) in [5, 5.41) is 3.69. The maximum atomic E-state index is 11.9. The van der Waals surface area contributed by atoms with E-state index in [1.807, 2.05) is 38.3 Å². The molecule has 0 spiro atoms. The van der Waals surface area contributed by atoms with Crippen LogP contribution in [0, 0.1) is 13.8 Å². The molecule has 0 radical (unpaired) electrons. The Kier molecular flexibility index (Phi) is 5.45. The van der Waals surface area contributed by atoms with Crippen molar-refractivity contribution in [3.63, 3.8) is 0 Å². The zero-order valence-electron chi connectivity index (χ0n) is 11.5. The summed E-state index contributed by atoms with van der Waals surface area (Å²) in [6, 6.07) is 6.02. The Hall–Kier alpha value is -1.05. The molecule has 2 aromatic rings. The van der Waals surface area contributed by atoms with E-state index in [1.165, 1.54) is 35.1 Å². The Bertz CT molecular complexity index is 613. The van der Waals surface area contributed by atoms with Crippen molar-refractivity contribution >= 4 is 46.7 Å². The fourth-order valence-electron chi connectivity index (χ4n) is 1.52. The predicted octanol–water partition coefficient (Wildman–Crippen LogP) is 3.61. The summed E-state index contributed by atoms with van der Waals surface area (Å²) in [5.74, 6) is 0.320. The topological polar surface area (TPSA) is 54.9 Å². The molecule has 106 valence electrons. The minimum atomic E-state index is -0.0235. The van der Waals surface area contributed by atoms with Crippen molar-refractivity contribution in [1.82, 2.24) is 9.36 Å². The second kappa shape index (κ2) is 7.10. The van der Waals surface area contributed by atoms with E-state index in [9.17, 15) is 4.79 Å². The van der Waals surface area contributed by atoms with Crippen LogP contribution in [-0.2, 0) is 4.79 Å². The van der Waals surface area contributed by atoms with Gasteiger partial charge in [-0.15, -0.1) is 0 Å². The van der Waals surface area contributed by atoms with Crippen molar-refractivity contribution in [3.8, 4) is 0 Å². The molecule has 0 aliphatic heterocycles. The Morgan fingerprint density at radius 1 is 1.40 bits per heavy atom. The molecule has 1 amide bonds. The predicted molar refractivity (Wildman–Crippen MR) is 87.0 cm³/mol. The highest BCUT2D eigenvalue weighted by atomic mass is 32.2. The lowest BCUT2D eigenvalue weighted by atomic mass is 10.1. The second-order valence-corrected chi connectivity index (χ2v) is 6.95. The van der Waals surface area contributed by atoms with Gasteiger partial charge >= 0.3 is 0 Å². The highest BCUT2D eigenvalue weighted by Crippen LogP contribution is 2.24. The van der Waals surface area contributed by atoms with Gasteiger partial charge in [-0.1, -0.05) is 35.7 Å². The van der Waals surface area contributed by atoms with Crippen molar-refractivity contribution in [1.29, 1.82) is 0 Å². The van der Waals surface area contributed by atoms with Crippen molar-refractivity contribution in [2.45, 2.75) is 23.3 Å². The van der Waals surface area contributed by atoms with Crippen LogP contribution in [0.2, 0.25) is 0 Å². The van der Waals surface area contributed by atoms with E-state index < -0.39 is 0 Å². The minimum Gasteiger partial charge on any atom is -0.325 e. The summed E-state index contributed by atoms with van der Waals surface area (Å²) >= 11 is 4.25. The second-order valence-electron chi connectivity index (χ2n) is 4.20. The van der Waals surface area contributed by atoms with Crippen molar-refractivity contribution < 1.29 is 4.79 Å². The number of carbonyl (C=O) groups is 1. The maximum absolute atomic E-state index is 11.9. The first kappa shape index (κ1) is 15.3. The van der Waals surface area contributed by atoms with E-state index in [2.05, 4.69) is 14.7 Å². The molecule has 0 fully saturated rings. The number of aromatic nitrogens is 2. The quantitative estimate of drug-likeness (QED) is 0.851. The first-order valence-corrected chi connectivity index (χ1v) is 8.94. The summed E-state index contributed by atoms with van der Waals surface area (Å²) in [7, 11) is 0. The number of hydrogen-bond acceptors (Lipinski definition) is 6. The Balaban J connectivity index is 1.90. The number of amides is 1. The van der Waals surface area contributed by atoms with E-state index in [0.717, 1.165) is 26.3 Å². The Labute approximate surface area is 130 Å². The van der Waals surface area contributed by atoms with Crippen LogP contribution in [0.25, 0.3) is 0 Å². The first-order chi connectivity index (χ1) is 9.58. The summed E-state index contributed by atoms with van der Waals surface area (Å²) in [6.07, 6.45) is 1.93. The van der Waals surface area contributed by atoms with Crippen LogP contribution >= 0.6 is 35.1 Å². The molecule has 7 heteroatoms. The molecule has 0 unspecified atom stereocenters. The molecule has 0 bridgehead atoms. The molecule has 20 heavy (non-hydrogen) atoms. The van der Waals surface area contributed by atoms with Gasteiger partial charge in [-0.25, -0.2) is 4.98 Å².